The van der Waals surface area contributed by atoms with E-state index in [9.17, 15) is 4.79 Å². The number of carbonyl (C=O) groups is 1. The second-order valence-corrected chi connectivity index (χ2v) is 3.87. The van der Waals surface area contributed by atoms with Crippen LogP contribution in [0.5, 0.6) is 0 Å². The number of hydrogen-bond donors (Lipinski definition) is 4. The molecule has 0 bridgehead atoms. The molecular formula is C11H25N5O3. The summed E-state index contributed by atoms with van der Waals surface area (Å²) in [5.41, 5.74) is 2.43. The van der Waals surface area contributed by atoms with Crippen molar-refractivity contribution in [3.05, 3.63) is 0 Å². The molecule has 0 aliphatic carbocycles. The van der Waals surface area contributed by atoms with Gasteiger partial charge in [0.1, 0.15) is 6.04 Å². The van der Waals surface area contributed by atoms with Gasteiger partial charge in [-0.1, -0.05) is 0 Å². The molecule has 8 heteroatoms. The Morgan fingerprint density at radius 2 is 2.00 bits per heavy atom. The van der Waals surface area contributed by atoms with E-state index < -0.39 is 6.04 Å². The fourth-order valence-corrected chi connectivity index (χ4v) is 1.23. The number of hydrazine groups is 1. The Hall–Kier alpha value is -1.38. The van der Waals surface area contributed by atoms with Crippen LogP contribution in [0.1, 0.15) is 13.3 Å². The lowest BCUT2D eigenvalue weighted by molar-refractivity contribution is -0.122. The number of rotatable bonds is 9. The number of ether oxygens (including phenoxy) is 2. The minimum atomic E-state index is -0.436. The Balaban J connectivity index is 4.03. The van der Waals surface area contributed by atoms with Gasteiger partial charge >= 0.3 is 0 Å². The van der Waals surface area contributed by atoms with E-state index >= 15 is 0 Å². The van der Waals surface area contributed by atoms with Gasteiger partial charge in [-0.25, -0.2) is 5.84 Å². The van der Waals surface area contributed by atoms with Crippen molar-refractivity contribution >= 4 is 11.9 Å². The van der Waals surface area contributed by atoms with Gasteiger partial charge in [0.15, 0.2) is 0 Å². The Kier molecular flexibility index (Phi) is 10.8. The molecule has 0 saturated heterocycles. The largest absolute Gasteiger partial charge is 0.385 e. The number of guanidine groups is 1. The highest BCUT2D eigenvalue weighted by atomic mass is 16.5. The van der Waals surface area contributed by atoms with Crippen molar-refractivity contribution in [2.75, 3.05) is 40.5 Å². The van der Waals surface area contributed by atoms with Crippen molar-refractivity contribution in [1.82, 2.24) is 16.1 Å². The number of hydrogen-bond acceptors (Lipinski definition) is 5. The average molecular weight is 275 g/mol. The summed E-state index contributed by atoms with van der Waals surface area (Å²) in [6.07, 6.45) is 0.789. The second kappa shape index (κ2) is 11.7. The molecule has 1 unspecified atom stereocenters. The molecule has 0 heterocycles. The maximum atomic E-state index is 11.7. The molecule has 0 aliphatic rings. The molecule has 8 nitrogen and oxygen atoms in total. The molecule has 5 N–H and O–H groups in total. The third-order valence-electron chi connectivity index (χ3n) is 2.27. The lowest BCUT2D eigenvalue weighted by Gasteiger charge is -2.16. The first-order chi connectivity index (χ1) is 9.15. The minimum Gasteiger partial charge on any atom is -0.385 e. The number of amides is 1. The third-order valence-corrected chi connectivity index (χ3v) is 2.27. The van der Waals surface area contributed by atoms with Gasteiger partial charge in [0.2, 0.25) is 11.9 Å². The van der Waals surface area contributed by atoms with Gasteiger partial charge in [-0.05, 0) is 13.3 Å². The fraction of sp³-hybridized carbons (Fsp3) is 0.818. The lowest BCUT2D eigenvalue weighted by Crippen LogP contribution is -2.51. The average Bonchev–Trinajstić information content (AvgIpc) is 2.42. The van der Waals surface area contributed by atoms with Crippen molar-refractivity contribution in [3.8, 4) is 0 Å². The summed E-state index contributed by atoms with van der Waals surface area (Å²) in [6.45, 7) is 3.88. The number of nitrogens with zero attached hydrogens (tertiary/aromatic N) is 1. The number of aliphatic imine (C=N–C) groups is 1. The zero-order chi connectivity index (χ0) is 14.5. The van der Waals surface area contributed by atoms with Gasteiger partial charge in [-0.15, -0.1) is 0 Å². The first kappa shape index (κ1) is 17.6. The van der Waals surface area contributed by atoms with Crippen LogP contribution >= 0.6 is 0 Å². The van der Waals surface area contributed by atoms with Gasteiger partial charge in [-0.3, -0.25) is 15.2 Å². The van der Waals surface area contributed by atoms with Crippen LogP contribution in [0.3, 0.4) is 0 Å². The van der Waals surface area contributed by atoms with E-state index in [2.05, 4.69) is 21.1 Å². The standard InChI is InChI=1S/C11H25N5O3/c1-9(10(17)13-6-8-19-3)15-11(16-12)14-5-4-7-18-2/h9H,4-8,12H2,1-3H3,(H,13,17)(H2,14,15,16). The monoisotopic (exact) mass is 275 g/mol. The molecule has 0 radical (unpaired) electrons. The van der Waals surface area contributed by atoms with Gasteiger partial charge < -0.3 is 20.1 Å². The summed E-state index contributed by atoms with van der Waals surface area (Å²) in [5.74, 6) is 5.57. The molecule has 0 aromatic heterocycles. The second-order valence-electron chi connectivity index (χ2n) is 3.87. The van der Waals surface area contributed by atoms with Gasteiger partial charge in [-0.2, -0.15) is 0 Å². The predicted molar refractivity (Wildman–Crippen MR) is 73.6 cm³/mol. The van der Waals surface area contributed by atoms with Crippen LogP contribution < -0.4 is 21.9 Å². The predicted octanol–water partition coefficient (Wildman–Crippen LogP) is -1.42. The Morgan fingerprint density at radius 1 is 1.32 bits per heavy atom. The molecule has 0 saturated carbocycles. The molecule has 1 atom stereocenters. The molecule has 0 fully saturated rings. The molecule has 0 spiro atoms. The van der Waals surface area contributed by atoms with Crippen LogP contribution in [-0.4, -0.2) is 58.4 Å². The number of methoxy groups -OCH3 is 2. The summed E-state index contributed by atoms with van der Waals surface area (Å²) in [5, 5.41) is 5.61. The summed E-state index contributed by atoms with van der Waals surface area (Å²) in [7, 11) is 3.22. The highest BCUT2D eigenvalue weighted by Gasteiger charge is 2.13. The van der Waals surface area contributed by atoms with Crippen molar-refractivity contribution in [2.24, 2.45) is 10.8 Å². The zero-order valence-electron chi connectivity index (χ0n) is 11.9. The maximum Gasteiger partial charge on any atom is 0.242 e. The molecule has 0 aromatic rings. The zero-order valence-corrected chi connectivity index (χ0v) is 11.9. The summed E-state index contributed by atoms with van der Waals surface area (Å²) < 4.78 is 9.76. The van der Waals surface area contributed by atoms with Crippen molar-refractivity contribution < 1.29 is 14.3 Å². The topological polar surface area (TPSA) is 110 Å². The summed E-state index contributed by atoms with van der Waals surface area (Å²) in [6, 6.07) is -0.436. The number of nitrogens with two attached hydrogens (primary N) is 1. The van der Waals surface area contributed by atoms with Crippen LogP contribution in [0.2, 0.25) is 0 Å². The van der Waals surface area contributed by atoms with Gasteiger partial charge in [0.05, 0.1) is 6.61 Å². The van der Waals surface area contributed by atoms with Crippen molar-refractivity contribution in [3.63, 3.8) is 0 Å². The highest BCUT2D eigenvalue weighted by Crippen LogP contribution is 1.85. The smallest absolute Gasteiger partial charge is 0.242 e. The van der Waals surface area contributed by atoms with Crippen LogP contribution in [0.25, 0.3) is 0 Å². The SMILES string of the molecule is COCCCN=C(NN)NC(C)C(=O)NCCOC. The van der Waals surface area contributed by atoms with E-state index in [0.717, 1.165) is 6.42 Å². The molecule has 1 amide bonds. The van der Waals surface area contributed by atoms with Gasteiger partial charge in [0, 0.05) is 33.9 Å². The molecule has 19 heavy (non-hydrogen) atoms. The summed E-state index contributed by atoms with van der Waals surface area (Å²) >= 11 is 0. The van der Waals surface area contributed by atoms with E-state index in [-0.39, 0.29) is 5.91 Å². The van der Waals surface area contributed by atoms with Crippen LogP contribution in [0, 0.1) is 0 Å². The van der Waals surface area contributed by atoms with Crippen LogP contribution in [0.15, 0.2) is 4.99 Å². The number of carbonyl (C=O) groups excluding carboxylic acids is 1. The van der Waals surface area contributed by atoms with E-state index in [1.807, 2.05) is 0 Å². The first-order valence-corrected chi connectivity index (χ1v) is 6.18. The maximum absolute atomic E-state index is 11.7. The van der Waals surface area contributed by atoms with E-state index in [4.69, 9.17) is 15.3 Å². The quantitative estimate of drug-likeness (QED) is 0.135. The Bertz CT molecular complexity index is 273. The molecular weight excluding hydrogens is 250 g/mol. The van der Waals surface area contributed by atoms with E-state index in [0.29, 0.717) is 32.3 Å². The Labute approximate surface area is 114 Å². The van der Waals surface area contributed by atoms with Crippen molar-refractivity contribution in [1.29, 1.82) is 0 Å². The van der Waals surface area contributed by atoms with Crippen LogP contribution in [-0.2, 0) is 14.3 Å². The molecule has 0 rings (SSSR count). The Morgan fingerprint density at radius 3 is 2.58 bits per heavy atom. The lowest BCUT2D eigenvalue weighted by atomic mass is 10.3. The molecule has 0 aromatic carbocycles. The van der Waals surface area contributed by atoms with Crippen LogP contribution in [0.4, 0.5) is 0 Å². The number of nitrogens with one attached hydrogen (secondary N) is 3. The molecule has 112 valence electrons. The fourth-order valence-electron chi connectivity index (χ4n) is 1.23. The highest BCUT2D eigenvalue weighted by molar-refractivity contribution is 5.88. The minimum absolute atomic E-state index is 0.142. The third kappa shape index (κ3) is 9.23. The first-order valence-electron chi connectivity index (χ1n) is 6.18. The van der Waals surface area contributed by atoms with E-state index in [1.54, 1.807) is 21.1 Å². The molecule has 0 aliphatic heterocycles. The van der Waals surface area contributed by atoms with Gasteiger partial charge in [0.25, 0.3) is 0 Å². The van der Waals surface area contributed by atoms with E-state index in [1.165, 1.54) is 0 Å². The van der Waals surface area contributed by atoms with Crippen molar-refractivity contribution in [2.45, 2.75) is 19.4 Å². The normalized spacial score (nSPS) is 12.9. The summed E-state index contributed by atoms with van der Waals surface area (Å²) in [4.78, 5) is 15.9.